The van der Waals surface area contributed by atoms with E-state index in [1.807, 2.05) is 32.9 Å². The minimum Gasteiger partial charge on any atom is -0.207 e. The fourth-order valence-corrected chi connectivity index (χ4v) is 6.15. The molecule has 0 spiro atoms. The maximum absolute atomic E-state index is 13.3. The number of hydrogen-bond acceptors (Lipinski definition) is 2. The Morgan fingerprint density at radius 3 is 2.10 bits per heavy atom. The molecule has 4 rings (SSSR count). The van der Waals surface area contributed by atoms with Gasteiger partial charge in [0.05, 0.1) is 4.90 Å². The predicted octanol–water partition coefficient (Wildman–Crippen LogP) is 5.94. The summed E-state index contributed by atoms with van der Waals surface area (Å²) in [5.41, 5.74) is 6.90. The number of hydrogen-bond donors (Lipinski definition) is 0. The monoisotopic (exact) mass is 441 g/mol. The predicted molar refractivity (Wildman–Crippen MR) is 123 cm³/mol. The Morgan fingerprint density at radius 1 is 0.967 bits per heavy atom. The van der Waals surface area contributed by atoms with Gasteiger partial charge in [0.2, 0.25) is 10.0 Å². The molecule has 1 saturated carbocycles. The van der Waals surface area contributed by atoms with Crippen LogP contribution >= 0.6 is 11.6 Å². The van der Waals surface area contributed by atoms with E-state index in [-0.39, 0.29) is 5.92 Å². The zero-order chi connectivity index (χ0) is 21.6. The van der Waals surface area contributed by atoms with Crippen LogP contribution < -0.4 is 0 Å². The largest absolute Gasteiger partial charge is 0.243 e. The van der Waals surface area contributed by atoms with E-state index >= 15 is 0 Å². The summed E-state index contributed by atoms with van der Waals surface area (Å²) >= 11 is 6.75. The molecule has 0 radical (unpaired) electrons. The number of halogens is 1. The van der Waals surface area contributed by atoms with Crippen molar-refractivity contribution in [3.05, 3.63) is 87.0 Å². The zero-order valence-corrected chi connectivity index (χ0v) is 19.5. The van der Waals surface area contributed by atoms with Crippen LogP contribution in [0.5, 0.6) is 0 Å². The fourth-order valence-electron chi connectivity index (χ4n) is 4.52. The Hall–Kier alpha value is -1.88. The fraction of sp³-hybridized carbons (Fsp3) is 0.360. The van der Waals surface area contributed by atoms with E-state index in [0.29, 0.717) is 28.9 Å². The number of nitrogens with zero attached hydrogens (tertiary/aromatic N) is 1. The molecule has 2 aromatic rings. The van der Waals surface area contributed by atoms with E-state index < -0.39 is 10.0 Å². The summed E-state index contributed by atoms with van der Waals surface area (Å²) in [6, 6.07) is 15.7. The normalized spacial score (nSPS) is 21.8. The van der Waals surface area contributed by atoms with Crippen molar-refractivity contribution >= 4 is 21.6 Å². The summed E-state index contributed by atoms with van der Waals surface area (Å²) in [5.74, 6) is 0.538. The van der Waals surface area contributed by atoms with E-state index in [9.17, 15) is 8.42 Å². The molecule has 0 aromatic heterocycles. The molecule has 1 heterocycles. The van der Waals surface area contributed by atoms with Crippen molar-refractivity contribution in [3.63, 3.8) is 0 Å². The Balaban J connectivity index is 1.73. The molecule has 158 valence electrons. The molecule has 0 saturated heterocycles. The second-order valence-electron chi connectivity index (χ2n) is 8.75. The molecule has 0 bridgehead atoms. The van der Waals surface area contributed by atoms with Crippen molar-refractivity contribution in [2.45, 2.75) is 44.9 Å². The number of allylic oxidation sites excluding steroid dienone is 1. The first-order valence-electron chi connectivity index (χ1n) is 10.4. The van der Waals surface area contributed by atoms with E-state index in [2.05, 4.69) is 31.2 Å². The molecule has 30 heavy (non-hydrogen) atoms. The van der Waals surface area contributed by atoms with Gasteiger partial charge in [-0.1, -0.05) is 70.3 Å². The molecule has 5 heteroatoms. The van der Waals surface area contributed by atoms with Crippen LogP contribution in [0.25, 0.3) is 0 Å². The van der Waals surface area contributed by atoms with Crippen molar-refractivity contribution < 1.29 is 8.42 Å². The second kappa shape index (κ2) is 7.99. The first-order chi connectivity index (χ1) is 14.2. The summed E-state index contributed by atoms with van der Waals surface area (Å²) in [6.45, 7) is 8.86. The highest BCUT2D eigenvalue weighted by Gasteiger charge is 2.45. The third-order valence-corrected chi connectivity index (χ3v) is 8.72. The van der Waals surface area contributed by atoms with Crippen LogP contribution in [0.4, 0.5) is 0 Å². The summed E-state index contributed by atoms with van der Waals surface area (Å²) in [5, 5.41) is 0.704. The summed E-state index contributed by atoms with van der Waals surface area (Å²) in [4.78, 5) is 0.346. The average Bonchev–Trinajstić information content (AvgIpc) is 2.69. The first-order valence-corrected chi connectivity index (χ1v) is 12.2. The first kappa shape index (κ1) is 21.4. The average molecular weight is 442 g/mol. The molecule has 1 aliphatic carbocycles. The van der Waals surface area contributed by atoms with Gasteiger partial charge in [-0.15, -0.1) is 0 Å². The molecule has 0 amide bonds. The molecular formula is C25H28ClNO2S. The third kappa shape index (κ3) is 3.77. The SMILES string of the molecule is CC(C)=C(Cl)C1=C2[C@H](C[C@H]2c2ccc(C)cc2)CN(S(=O)(=O)c2ccc(C)cc2)C1. The van der Waals surface area contributed by atoms with Crippen molar-refractivity contribution in [3.8, 4) is 0 Å². The lowest BCUT2D eigenvalue weighted by atomic mass is 9.63. The van der Waals surface area contributed by atoms with Crippen molar-refractivity contribution in [2.24, 2.45) is 5.92 Å². The van der Waals surface area contributed by atoms with Crippen molar-refractivity contribution in [1.82, 2.24) is 4.31 Å². The highest BCUT2D eigenvalue weighted by Crippen LogP contribution is 2.53. The third-order valence-electron chi connectivity index (χ3n) is 6.28. The van der Waals surface area contributed by atoms with E-state index in [4.69, 9.17) is 11.6 Å². The molecule has 1 fully saturated rings. The van der Waals surface area contributed by atoms with Gasteiger partial charge in [0.15, 0.2) is 0 Å². The quantitative estimate of drug-likeness (QED) is 0.588. The lowest BCUT2D eigenvalue weighted by molar-refractivity contribution is 0.275. The van der Waals surface area contributed by atoms with E-state index in [0.717, 1.165) is 23.1 Å². The Bertz CT molecular complexity index is 1120. The Kier molecular flexibility index (Phi) is 5.69. The van der Waals surface area contributed by atoms with Crippen LogP contribution in [0.1, 0.15) is 42.9 Å². The minimum atomic E-state index is -3.56. The molecule has 2 atom stereocenters. The summed E-state index contributed by atoms with van der Waals surface area (Å²) in [6.07, 6.45) is 0.953. The van der Waals surface area contributed by atoms with Gasteiger partial charge in [-0.2, -0.15) is 4.31 Å². The topological polar surface area (TPSA) is 37.4 Å². The molecule has 2 aliphatic rings. The Morgan fingerprint density at radius 2 is 1.53 bits per heavy atom. The van der Waals surface area contributed by atoms with Crippen molar-refractivity contribution in [2.75, 3.05) is 13.1 Å². The highest BCUT2D eigenvalue weighted by molar-refractivity contribution is 7.89. The van der Waals surface area contributed by atoms with Gasteiger partial charge >= 0.3 is 0 Å². The molecule has 0 N–H and O–H groups in total. The smallest absolute Gasteiger partial charge is 0.207 e. The lowest BCUT2D eigenvalue weighted by Gasteiger charge is -2.47. The molecule has 0 unspecified atom stereocenters. The van der Waals surface area contributed by atoms with E-state index in [1.54, 1.807) is 16.4 Å². The van der Waals surface area contributed by atoms with Gasteiger partial charge in [-0.3, -0.25) is 0 Å². The highest BCUT2D eigenvalue weighted by atomic mass is 35.5. The molecular weight excluding hydrogens is 414 g/mol. The maximum Gasteiger partial charge on any atom is 0.243 e. The van der Waals surface area contributed by atoms with Gasteiger partial charge < -0.3 is 0 Å². The second-order valence-corrected chi connectivity index (χ2v) is 11.1. The number of fused-ring (bicyclic) bond motifs is 1. The van der Waals surface area contributed by atoms with Crippen LogP contribution in [-0.2, 0) is 10.0 Å². The van der Waals surface area contributed by atoms with Crippen LogP contribution in [0.3, 0.4) is 0 Å². The van der Waals surface area contributed by atoms with Crippen LogP contribution in [-0.4, -0.2) is 25.8 Å². The van der Waals surface area contributed by atoms with Gasteiger partial charge in [-0.25, -0.2) is 8.42 Å². The number of aryl methyl sites for hydroxylation is 2. The van der Waals surface area contributed by atoms with Gasteiger partial charge in [0.25, 0.3) is 0 Å². The summed E-state index contributed by atoms with van der Waals surface area (Å²) < 4.78 is 28.3. The Labute approximate surface area is 185 Å². The van der Waals surface area contributed by atoms with Crippen molar-refractivity contribution in [1.29, 1.82) is 0 Å². The van der Waals surface area contributed by atoms with Gasteiger partial charge in [-0.05, 0) is 63.3 Å². The van der Waals surface area contributed by atoms with Crippen LogP contribution in [0.2, 0.25) is 0 Å². The lowest BCUT2D eigenvalue weighted by Crippen LogP contribution is -2.47. The molecule has 1 aliphatic heterocycles. The van der Waals surface area contributed by atoms with Gasteiger partial charge in [0, 0.05) is 24.0 Å². The summed E-state index contributed by atoms with van der Waals surface area (Å²) in [7, 11) is -3.56. The maximum atomic E-state index is 13.3. The zero-order valence-electron chi connectivity index (χ0n) is 17.9. The van der Waals surface area contributed by atoms with E-state index in [1.165, 1.54) is 16.7 Å². The van der Waals surface area contributed by atoms with Crippen LogP contribution in [0, 0.1) is 19.8 Å². The number of sulfonamides is 1. The number of benzene rings is 2. The minimum absolute atomic E-state index is 0.216. The molecule has 3 nitrogen and oxygen atoms in total. The van der Waals surface area contributed by atoms with Crippen LogP contribution in [0.15, 0.2) is 75.2 Å². The van der Waals surface area contributed by atoms with Gasteiger partial charge in [0.1, 0.15) is 0 Å². The standard InChI is InChI=1S/C25H28ClNO2S/c1-16(2)25(26)23-15-27(30(28,29)21-11-7-18(4)8-12-21)14-20-13-22(24(20)23)19-9-5-17(3)6-10-19/h5-12,20,22H,13-15H2,1-4H3/t20-,22+/m1/s1. The molecule has 2 aromatic carbocycles. The number of rotatable bonds is 4.